The molecule has 34 heavy (non-hydrogen) atoms. The Hall–Kier alpha value is -3.92. The molecule has 0 unspecified atom stereocenters. The van der Waals surface area contributed by atoms with Crippen LogP contribution >= 0.6 is 11.3 Å². The van der Waals surface area contributed by atoms with E-state index < -0.39 is 0 Å². The van der Waals surface area contributed by atoms with E-state index in [1.807, 2.05) is 34.2 Å². The van der Waals surface area contributed by atoms with E-state index in [1.54, 1.807) is 20.3 Å². The standard InChI is InChI=1S/C24H22FN5O3S/c1-32-16-4-6-21(33-2)17(11-16)20-12-30-15(13-34-24(30)29-20)10-23(31)26-8-7-22-27-18-5-3-14(25)9-19(18)28-22/h3-6,9,11-13H,7-8,10H2,1-2H3,(H,26,31)(H,27,28). The summed E-state index contributed by atoms with van der Waals surface area (Å²) in [6.07, 6.45) is 2.64. The van der Waals surface area contributed by atoms with E-state index >= 15 is 0 Å². The Labute approximate surface area is 198 Å². The highest BCUT2D eigenvalue weighted by molar-refractivity contribution is 7.15. The van der Waals surface area contributed by atoms with Gasteiger partial charge in [0.1, 0.15) is 23.1 Å². The van der Waals surface area contributed by atoms with Crippen molar-refractivity contribution in [1.82, 2.24) is 24.7 Å². The zero-order valence-electron chi connectivity index (χ0n) is 18.6. The lowest BCUT2D eigenvalue weighted by atomic mass is 10.1. The van der Waals surface area contributed by atoms with Crippen LogP contribution in [0.4, 0.5) is 4.39 Å². The summed E-state index contributed by atoms with van der Waals surface area (Å²) in [5.41, 5.74) is 3.75. The topological polar surface area (TPSA) is 93.5 Å². The second-order valence-corrected chi connectivity index (χ2v) is 8.53. The van der Waals surface area contributed by atoms with Gasteiger partial charge in [0, 0.05) is 35.8 Å². The second kappa shape index (κ2) is 9.14. The normalized spacial score (nSPS) is 11.3. The van der Waals surface area contributed by atoms with Gasteiger partial charge in [0.25, 0.3) is 0 Å². The fourth-order valence-electron chi connectivity index (χ4n) is 3.80. The number of hydrogen-bond acceptors (Lipinski definition) is 6. The molecule has 5 rings (SSSR count). The zero-order chi connectivity index (χ0) is 23.7. The van der Waals surface area contributed by atoms with Gasteiger partial charge in [0.15, 0.2) is 4.96 Å². The molecular weight excluding hydrogens is 457 g/mol. The molecule has 0 radical (unpaired) electrons. The summed E-state index contributed by atoms with van der Waals surface area (Å²) in [5, 5.41) is 4.86. The number of methoxy groups -OCH3 is 2. The molecule has 8 nitrogen and oxygen atoms in total. The summed E-state index contributed by atoms with van der Waals surface area (Å²) in [6, 6.07) is 9.97. The number of aromatic amines is 1. The van der Waals surface area contributed by atoms with Gasteiger partial charge in [-0.2, -0.15) is 0 Å². The number of fused-ring (bicyclic) bond motifs is 2. The number of thiazole rings is 1. The fourth-order valence-corrected chi connectivity index (χ4v) is 4.67. The maximum Gasteiger partial charge on any atom is 0.225 e. The van der Waals surface area contributed by atoms with E-state index in [0.717, 1.165) is 21.9 Å². The minimum Gasteiger partial charge on any atom is -0.497 e. The predicted octanol–water partition coefficient (Wildman–Crippen LogP) is 4.00. The molecule has 0 aliphatic carbocycles. The van der Waals surface area contributed by atoms with Crippen LogP contribution in [-0.4, -0.2) is 46.0 Å². The van der Waals surface area contributed by atoms with Gasteiger partial charge in [-0.05, 0) is 36.4 Å². The molecular formula is C24H22FN5O3S. The van der Waals surface area contributed by atoms with Crippen molar-refractivity contribution in [2.75, 3.05) is 20.8 Å². The third-order valence-electron chi connectivity index (χ3n) is 5.48. The van der Waals surface area contributed by atoms with Crippen molar-refractivity contribution in [2.45, 2.75) is 12.8 Å². The van der Waals surface area contributed by atoms with E-state index in [-0.39, 0.29) is 18.1 Å². The highest BCUT2D eigenvalue weighted by Gasteiger charge is 2.16. The number of H-pyrrole nitrogens is 1. The summed E-state index contributed by atoms with van der Waals surface area (Å²) >= 11 is 1.47. The van der Waals surface area contributed by atoms with Crippen molar-refractivity contribution in [2.24, 2.45) is 0 Å². The Morgan fingerprint density at radius 2 is 2.06 bits per heavy atom. The molecule has 2 N–H and O–H groups in total. The summed E-state index contributed by atoms with van der Waals surface area (Å²) in [7, 11) is 3.23. The first-order valence-corrected chi connectivity index (χ1v) is 11.5. The van der Waals surface area contributed by atoms with Gasteiger partial charge in [0.2, 0.25) is 5.91 Å². The van der Waals surface area contributed by atoms with Crippen LogP contribution in [0.1, 0.15) is 11.5 Å². The first-order chi connectivity index (χ1) is 16.5. The zero-order valence-corrected chi connectivity index (χ0v) is 19.4. The summed E-state index contributed by atoms with van der Waals surface area (Å²) in [5.74, 6) is 1.69. The average Bonchev–Trinajstić information content (AvgIpc) is 3.53. The SMILES string of the molecule is COc1ccc(OC)c(-c2cn3c(CC(=O)NCCc4nc5ccc(F)cc5[nH]4)csc3n2)c1. The number of nitrogens with one attached hydrogen (secondary N) is 2. The number of benzene rings is 2. The molecule has 0 spiro atoms. The van der Waals surface area contributed by atoms with Crippen molar-refractivity contribution in [1.29, 1.82) is 0 Å². The molecule has 0 bridgehead atoms. The molecule has 0 saturated heterocycles. The molecule has 2 aromatic carbocycles. The lowest BCUT2D eigenvalue weighted by Crippen LogP contribution is -2.27. The molecule has 1 amide bonds. The average molecular weight is 480 g/mol. The molecule has 0 aliphatic rings. The number of ether oxygens (including phenoxy) is 2. The van der Waals surface area contributed by atoms with Gasteiger partial charge in [0.05, 0.1) is 37.4 Å². The van der Waals surface area contributed by atoms with E-state index in [1.165, 1.54) is 23.5 Å². The molecule has 3 aromatic heterocycles. The lowest BCUT2D eigenvalue weighted by molar-refractivity contribution is -0.120. The van der Waals surface area contributed by atoms with Crippen LogP contribution in [0.25, 0.3) is 27.3 Å². The number of hydrogen-bond donors (Lipinski definition) is 2. The molecule has 0 aliphatic heterocycles. The molecule has 0 saturated carbocycles. The number of aromatic nitrogens is 4. The van der Waals surface area contributed by atoms with E-state index in [9.17, 15) is 9.18 Å². The number of imidazole rings is 2. The summed E-state index contributed by atoms with van der Waals surface area (Å²) < 4.78 is 26.1. The lowest BCUT2D eigenvalue weighted by Gasteiger charge is -2.08. The van der Waals surface area contributed by atoms with Crippen LogP contribution in [0.15, 0.2) is 48.0 Å². The van der Waals surface area contributed by atoms with Gasteiger partial charge in [-0.15, -0.1) is 11.3 Å². The van der Waals surface area contributed by atoms with Crippen LogP contribution in [0, 0.1) is 5.82 Å². The van der Waals surface area contributed by atoms with Crippen molar-refractivity contribution in [3.05, 3.63) is 65.3 Å². The number of rotatable bonds is 8. The number of amides is 1. The third-order valence-corrected chi connectivity index (χ3v) is 6.37. The third kappa shape index (κ3) is 4.32. The predicted molar refractivity (Wildman–Crippen MR) is 128 cm³/mol. The van der Waals surface area contributed by atoms with Crippen LogP contribution in [0.3, 0.4) is 0 Å². The smallest absolute Gasteiger partial charge is 0.225 e. The monoisotopic (exact) mass is 479 g/mol. The van der Waals surface area contributed by atoms with Crippen LogP contribution in [0.2, 0.25) is 0 Å². The Morgan fingerprint density at radius 1 is 1.18 bits per heavy atom. The summed E-state index contributed by atoms with van der Waals surface area (Å²) in [4.78, 5) is 25.6. The first kappa shape index (κ1) is 21.9. The van der Waals surface area contributed by atoms with Crippen molar-refractivity contribution in [3.63, 3.8) is 0 Å². The van der Waals surface area contributed by atoms with Crippen molar-refractivity contribution >= 4 is 33.2 Å². The minimum atomic E-state index is -0.314. The highest BCUT2D eigenvalue weighted by Crippen LogP contribution is 2.34. The van der Waals surface area contributed by atoms with Gasteiger partial charge in [-0.3, -0.25) is 9.20 Å². The van der Waals surface area contributed by atoms with Gasteiger partial charge < -0.3 is 19.8 Å². The molecule has 0 fully saturated rings. The Bertz CT molecular complexity index is 1490. The van der Waals surface area contributed by atoms with Gasteiger partial charge in [-0.25, -0.2) is 14.4 Å². The molecule has 0 atom stereocenters. The maximum absolute atomic E-state index is 13.3. The molecule has 3 heterocycles. The van der Waals surface area contributed by atoms with Gasteiger partial charge in [-0.1, -0.05) is 0 Å². The number of halogens is 1. The van der Waals surface area contributed by atoms with Crippen molar-refractivity contribution in [3.8, 4) is 22.8 Å². The summed E-state index contributed by atoms with van der Waals surface area (Å²) in [6.45, 7) is 0.421. The Kier molecular flexibility index (Phi) is 5.89. The van der Waals surface area contributed by atoms with Crippen molar-refractivity contribution < 1.29 is 18.7 Å². The van der Waals surface area contributed by atoms with Crippen LogP contribution in [-0.2, 0) is 17.6 Å². The molecule has 174 valence electrons. The highest BCUT2D eigenvalue weighted by atomic mass is 32.1. The van der Waals surface area contributed by atoms with Crippen LogP contribution in [0.5, 0.6) is 11.5 Å². The minimum absolute atomic E-state index is 0.101. The second-order valence-electron chi connectivity index (χ2n) is 7.69. The number of nitrogens with zero attached hydrogens (tertiary/aromatic N) is 3. The Balaban J connectivity index is 1.26. The molecule has 5 aromatic rings. The van der Waals surface area contributed by atoms with Crippen LogP contribution < -0.4 is 14.8 Å². The van der Waals surface area contributed by atoms with E-state index in [0.29, 0.717) is 41.3 Å². The fraction of sp³-hybridized carbons (Fsp3) is 0.208. The maximum atomic E-state index is 13.3. The largest absolute Gasteiger partial charge is 0.497 e. The quantitative estimate of drug-likeness (QED) is 0.351. The first-order valence-electron chi connectivity index (χ1n) is 10.6. The van der Waals surface area contributed by atoms with E-state index in [4.69, 9.17) is 14.5 Å². The number of carbonyl (C=O) groups is 1. The molecule has 10 heteroatoms. The Morgan fingerprint density at radius 3 is 2.88 bits per heavy atom. The number of carbonyl (C=O) groups excluding carboxylic acids is 1. The van der Waals surface area contributed by atoms with E-state index in [2.05, 4.69) is 15.3 Å². The van der Waals surface area contributed by atoms with Gasteiger partial charge >= 0.3 is 0 Å².